The standard InChI is InChI=1S/C20H25FN4O2S/c1-12(2)11-25-17(23-24-20(25)28-4)6-5-9-22-19(26)18-13(3)15-10-14(21)7-8-16(15)27-18/h7-8,10,12H,5-6,9,11H2,1-4H3,(H,22,26). The molecule has 1 amide bonds. The molecule has 8 heteroatoms. The number of rotatable bonds is 8. The number of halogens is 1. The van der Waals surface area contributed by atoms with E-state index in [0.29, 0.717) is 29.0 Å². The average molecular weight is 405 g/mol. The maximum Gasteiger partial charge on any atom is 0.287 e. The minimum atomic E-state index is -0.349. The molecule has 0 bridgehead atoms. The molecule has 28 heavy (non-hydrogen) atoms. The van der Waals surface area contributed by atoms with Crippen LogP contribution >= 0.6 is 11.8 Å². The van der Waals surface area contributed by atoms with Gasteiger partial charge in [0.1, 0.15) is 17.2 Å². The van der Waals surface area contributed by atoms with Crippen LogP contribution in [0.5, 0.6) is 0 Å². The quantitative estimate of drug-likeness (QED) is 0.450. The summed E-state index contributed by atoms with van der Waals surface area (Å²) >= 11 is 1.58. The number of aromatic nitrogens is 3. The summed E-state index contributed by atoms with van der Waals surface area (Å²) < 4.78 is 21.2. The number of carbonyl (C=O) groups is 1. The fourth-order valence-electron chi connectivity index (χ4n) is 3.14. The molecule has 2 aromatic heterocycles. The van der Waals surface area contributed by atoms with Crippen LogP contribution in [0.4, 0.5) is 4.39 Å². The second kappa shape index (κ2) is 8.77. The summed E-state index contributed by atoms with van der Waals surface area (Å²) in [5.74, 6) is 1.03. The first-order valence-electron chi connectivity index (χ1n) is 9.33. The first-order chi connectivity index (χ1) is 13.4. The number of aryl methyl sites for hydroxylation is 2. The molecular weight excluding hydrogens is 379 g/mol. The van der Waals surface area contributed by atoms with E-state index in [1.165, 1.54) is 12.1 Å². The molecule has 2 heterocycles. The summed E-state index contributed by atoms with van der Waals surface area (Å²) in [6.45, 7) is 7.45. The van der Waals surface area contributed by atoms with Crippen LogP contribution in [0.2, 0.25) is 0 Å². The highest BCUT2D eigenvalue weighted by molar-refractivity contribution is 7.98. The van der Waals surface area contributed by atoms with Crippen LogP contribution in [0.15, 0.2) is 27.8 Å². The zero-order valence-electron chi connectivity index (χ0n) is 16.6. The van der Waals surface area contributed by atoms with E-state index < -0.39 is 0 Å². The summed E-state index contributed by atoms with van der Waals surface area (Å²) in [4.78, 5) is 12.5. The molecule has 0 fully saturated rings. The number of furan rings is 1. The summed E-state index contributed by atoms with van der Waals surface area (Å²) in [7, 11) is 0. The highest BCUT2D eigenvalue weighted by Crippen LogP contribution is 2.26. The van der Waals surface area contributed by atoms with Crippen LogP contribution in [0, 0.1) is 18.7 Å². The van der Waals surface area contributed by atoms with Crippen LogP contribution in [0.1, 0.15) is 42.2 Å². The summed E-state index contributed by atoms with van der Waals surface area (Å²) in [6, 6.07) is 4.25. The highest BCUT2D eigenvalue weighted by atomic mass is 32.2. The first-order valence-corrected chi connectivity index (χ1v) is 10.6. The third-order valence-electron chi connectivity index (χ3n) is 4.49. The average Bonchev–Trinajstić information content (AvgIpc) is 3.19. The monoisotopic (exact) mass is 404 g/mol. The Morgan fingerprint density at radius 1 is 1.36 bits per heavy atom. The molecule has 150 valence electrons. The van der Waals surface area contributed by atoms with Crippen LogP contribution in [0.3, 0.4) is 0 Å². The van der Waals surface area contributed by atoms with Gasteiger partial charge in [-0.2, -0.15) is 0 Å². The van der Waals surface area contributed by atoms with Crippen molar-refractivity contribution in [3.8, 4) is 0 Å². The Balaban J connectivity index is 1.59. The minimum Gasteiger partial charge on any atom is -0.451 e. The van der Waals surface area contributed by atoms with Gasteiger partial charge in [-0.05, 0) is 43.7 Å². The van der Waals surface area contributed by atoms with Crippen molar-refractivity contribution in [1.29, 1.82) is 0 Å². The van der Waals surface area contributed by atoms with Crippen molar-refractivity contribution in [2.45, 2.75) is 45.3 Å². The van der Waals surface area contributed by atoms with E-state index in [1.54, 1.807) is 24.8 Å². The predicted molar refractivity (Wildman–Crippen MR) is 108 cm³/mol. The lowest BCUT2D eigenvalue weighted by molar-refractivity contribution is 0.0926. The smallest absolute Gasteiger partial charge is 0.287 e. The van der Waals surface area contributed by atoms with Gasteiger partial charge in [0.25, 0.3) is 5.91 Å². The fraction of sp³-hybridized carbons (Fsp3) is 0.450. The van der Waals surface area contributed by atoms with Crippen molar-refractivity contribution < 1.29 is 13.6 Å². The normalized spacial score (nSPS) is 11.5. The lowest BCUT2D eigenvalue weighted by atomic mass is 10.1. The summed E-state index contributed by atoms with van der Waals surface area (Å²) in [5.41, 5.74) is 1.16. The molecule has 0 radical (unpaired) electrons. The zero-order chi connectivity index (χ0) is 20.3. The van der Waals surface area contributed by atoms with Gasteiger partial charge in [-0.15, -0.1) is 10.2 Å². The molecular formula is C20H25FN4O2S. The van der Waals surface area contributed by atoms with Crippen molar-refractivity contribution in [3.05, 3.63) is 41.2 Å². The largest absolute Gasteiger partial charge is 0.451 e. The van der Waals surface area contributed by atoms with Crippen LogP contribution < -0.4 is 5.32 Å². The summed E-state index contributed by atoms with van der Waals surface area (Å²) in [6.07, 6.45) is 3.46. The molecule has 3 aromatic rings. The van der Waals surface area contributed by atoms with Gasteiger partial charge in [0.2, 0.25) is 0 Å². The van der Waals surface area contributed by atoms with Gasteiger partial charge >= 0.3 is 0 Å². The van der Waals surface area contributed by atoms with Crippen LogP contribution in [-0.2, 0) is 13.0 Å². The van der Waals surface area contributed by atoms with Crippen LogP contribution in [0.25, 0.3) is 11.0 Å². The topological polar surface area (TPSA) is 73.0 Å². The van der Waals surface area contributed by atoms with E-state index in [-0.39, 0.29) is 17.5 Å². The Bertz CT molecular complexity index is 980. The zero-order valence-corrected chi connectivity index (χ0v) is 17.4. The van der Waals surface area contributed by atoms with Gasteiger partial charge in [-0.1, -0.05) is 25.6 Å². The third-order valence-corrected chi connectivity index (χ3v) is 5.16. The Morgan fingerprint density at radius 3 is 2.86 bits per heavy atom. The van der Waals surface area contributed by atoms with E-state index in [1.807, 2.05) is 6.26 Å². The van der Waals surface area contributed by atoms with Gasteiger partial charge in [-0.3, -0.25) is 4.79 Å². The molecule has 1 N–H and O–H groups in total. The molecule has 0 aliphatic rings. The van der Waals surface area contributed by atoms with Gasteiger partial charge in [0, 0.05) is 30.5 Å². The van der Waals surface area contributed by atoms with Gasteiger partial charge < -0.3 is 14.3 Å². The molecule has 6 nitrogen and oxygen atoms in total. The van der Waals surface area contributed by atoms with E-state index in [0.717, 1.165) is 30.4 Å². The second-order valence-corrected chi connectivity index (χ2v) is 7.94. The van der Waals surface area contributed by atoms with Crippen molar-refractivity contribution in [2.24, 2.45) is 5.92 Å². The molecule has 0 atom stereocenters. The van der Waals surface area contributed by atoms with Crippen molar-refractivity contribution in [1.82, 2.24) is 20.1 Å². The van der Waals surface area contributed by atoms with E-state index in [9.17, 15) is 9.18 Å². The van der Waals surface area contributed by atoms with Gasteiger partial charge in [-0.25, -0.2) is 4.39 Å². The van der Waals surface area contributed by atoms with Crippen molar-refractivity contribution in [2.75, 3.05) is 12.8 Å². The van der Waals surface area contributed by atoms with Crippen molar-refractivity contribution in [3.63, 3.8) is 0 Å². The SMILES string of the molecule is CSc1nnc(CCCNC(=O)c2oc3ccc(F)cc3c2C)n1CC(C)C. The summed E-state index contributed by atoms with van der Waals surface area (Å²) in [5, 5.41) is 12.9. The number of nitrogens with one attached hydrogen (secondary N) is 1. The molecule has 0 spiro atoms. The van der Waals surface area contributed by atoms with Gasteiger partial charge in [0.15, 0.2) is 10.9 Å². The number of amides is 1. The number of nitrogens with zero attached hydrogens (tertiary/aromatic N) is 3. The maximum atomic E-state index is 13.4. The van der Waals surface area contributed by atoms with E-state index >= 15 is 0 Å². The Morgan fingerprint density at radius 2 is 2.14 bits per heavy atom. The Kier molecular flexibility index (Phi) is 6.39. The third kappa shape index (κ3) is 4.38. The lowest BCUT2D eigenvalue weighted by Gasteiger charge is -2.11. The minimum absolute atomic E-state index is 0.230. The van der Waals surface area contributed by atoms with E-state index in [4.69, 9.17) is 4.42 Å². The fourth-order valence-corrected chi connectivity index (χ4v) is 3.66. The lowest BCUT2D eigenvalue weighted by Crippen LogP contribution is -2.25. The molecule has 0 unspecified atom stereocenters. The van der Waals surface area contributed by atoms with Crippen LogP contribution in [-0.4, -0.2) is 33.5 Å². The molecule has 1 aromatic carbocycles. The number of hydrogen-bond donors (Lipinski definition) is 1. The maximum absolute atomic E-state index is 13.4. The first kappa shape index (κ1) is 20.4. The molecule has 0 aliphatic heterocycles. The number of fused-ring (bicyclic) bond motifs is 1. The number of thioether (sulfide) groups is 1. The molecule has 0 saturated heterocycles. The number of hydrogen-bond acceptors (Lipinski definition) is 5. The second-order valence-electron chi connectivity index (χ2n) is 7.16. The molecule has 3 rings (SSSR count). The molecule has 0 aliphatic carbocycles. The Hall–Kier alpha value is -2.35. The van der Waals surface area contributed by atoms with Crippen molar-refractivity contribution >= 4 is 28.6 Å². The highest BCUT2D eigenvalue weighted by Gasteiger charge is 2.18. The number of benzene rings is 1. The predicted octanol–water partition coefficient (Wildman–Crippen LogP) is 4.21. The number of carbonyl (C=O) groups excluding carboxylic acids is 1. The Labute approximate surface area is 167 Å². The van der Waals surface area contributed by atoms with E-state index in [2.05, 4.69) is 33.9 Å². The molecule has 0 saturated carbocycles. The van der Waals surface area contributed by atoms with Gasteiger partial charge in [0.05, 0.1) is 0 Å².